The van der Waals surface area contributed by atoms with Crippen LogP contribution in [0.3, 0.4) is 0 Å². The number of aromatic amines is 1. The second-order valence-corrected chi connectivity index (χ2v) is 3.75. The van der Waals surface area contributed by atoms with Crippen LogP contribution in [0.25, 0.3) is 10.9 Å². The Morgan fingerprint density at radius 3 is 3.00 bits per heavy atom. The Kier molecular flexibility index (Phi) is 2.09. The summed E-state index contributed by atoms with van der Waals surface area (Å²) in [5.74, 6) is 0. The summed E-state index contributed by atoms with van der Waals surface area (Å²) in [7, 11) is 0. The average molecular weight is 259 g/mol. The fraction of sp³-hybridized carbons (Fsp3) is 0. The van der Waals surface area contributed by atoms with E-state index in [9.17, 15) is 4.79 Å². The van der Waals surface area contributed by atoms with Gasteiger partial charge >= 0.3 is 5.69 Å². The van der Waals surface area contributed by atoms with Gasteiger partial charge in [0.1, 0.15) is 0 Å². The van der Waals surface area contributed by atoms with Gasteiger partial charge < -0.3 is 0 Å². The second kappa shape index (κ2) is 3.12. The molecule has 0 atom stereocenters. The third kappa shape index (κ3) is 1.59. The van der Waals surface area contributed by atoms with Gasteiger partial charge in [0.2, 0.25) is 0 Å². The standard InChI is InChI=1S/C8H4BrClN2O/c9-7-5-3-4(10)1-2-6(5)11-8(13)12-7/h1-3H,(H,11,12,13). The topological polar surface area (TPSA) is 45.8 Å². The summed E-state index contributed by atoms with van der Waals surface area (Å²) in [6.07, 6.45) is 0. The minimum absolute atomic E-state index is 0.373. The molecule has 2 aromatic rings. The Morgan fingerprint density at radius 2 is 2.23 bits per heavy atom. The molecule has 3 nitrogen and oxygen atoms in total. The van der Waals surface area contributed by atoms with Crippen LogP contribution < -0.4 is 5.69 Å². The first-order valence-electron chi connectivity index (χ1n) is 3.52. The summed E-state index contributed by atoms with van der Waals surface area (Å²) in [6.45, 7) is 0. The number of hydrogen-bond donors (Lipinski definition) is 1. The van der Waals surface area contributed by atoms with Crippen molar-refractivity contribution in [3.8, 4) is 0 Å². The number of rotatable bonds is 0. The number of nitrogens with zero attached hydrogens (tertiary/aromatic N) is 1. The van der Waals surface area contributed by atoms with Crippen molar-refractivity contribution >= 4 is 38.4 Å². The molecule has 0 saturated carbocycles. The van der Waals surface area contributed by atoms with Crippen molar-refractivity contribution in [3.05, 3.63) is 38.3 Å². The van der Waals surface area contributed by atoms with E-state index in [2.05, 4.69) is 25.9 Å². The Bertz CT molecular complexity index is 523. The van der Waals surface area contributed by atoms with Gasteiger partial charge in [-0.15, -0.1) is 0 Å². The minimum Gasteiger partial charge on any atom is -0.299 e. The highest BCUT2D eigenvalue weighted by atomic mass is 79.9. The van der Waals surface area contributed by atoms with Crippen molar-refractivity contribution in [2.24, 2.45) is 0 Å². The van der Waals surface area contributed by atoms with Crippen molar-refractivity contribution < 1.29 is 0 Å². The highest BCUT2D eigenvalue weighted by molar-refractivity contribution is 9.10. The number of halogens is 2. The fourth-order valence-corrected chi connectivity index (χ4v) is 1.74. The summed E-state index contributed by atoms with van der Waals surface area (Å²) in [5.41, 5.74) is 0.252. The van der Waals surface area contributed by atoms with Crippen molar-refractivity contribution in [2.75, 3.05) is 0 Å². The van der Waals surface area contributed by atoms with Gasteiger partial charge in [-0.3, -0.25) is 4.98 Å². The zero-order valence-electron chi connectivity index (χ0n) is 6.34. The highest BCUT2D eigenvalue weighted by Crippen LogP contribution is 2.21. The Balaban J connectivity index is 2.95. The molecular weight excluding hydrogens is 255 g/mol. The van der Waals surface area contributed by atoms with E-state index in [4.69, 9.17) is 11.6 Å². The second-order valence-electron chi connectivity index (χ2n) is 2.52. The SMILES string of the molecule is O=c1nc2ccc(Cl)cc2c(Br)[nH]1. The van der Waals surface area contributed by atoms with Gasteiger partial charge in [-0.25, -0.2) is 4.79 Å². The minimum atomic E-state index is -0.373. The molecule has 1 aromatic carbocycles. The predicted molar refractivity (Wildman–Crippen MR) is 55.1 cm³/mol. The summed E-state index contributed by atoms with van der Waals surface area (Å²) >= 11 is 9.02. The van der Waals surface area contributed by atoms with Gasteiger partial charge in [0.05, 0.1) is 10.1 Å². The summed E-state index contributed by atoms with van der Waals surface area (Å²) < 4.78 is 0.602. The van der Waals surface area contributed by atoms with Gasteiger partial charge in [0.25, 0.3) is 0 Å². The van der Waals surface area contributed by atoms with Crippen LogP contribution in [0.15, 0.2) is 27.6 Å². The Morgan fingerprint density at radius 1 is 1.46 bits per heavy atom. The molecule has 0 bridgehead atoms. The van der Waals surface area contributed by atoms with E-state index >= 15 is 0 Å². The van der Waals surface area contributed by atoms with E-state index in [-0.39, 0.29) is 5.69 Å². The van der Waals surface area contributed by atoms with E-state index in [0.717, 1.165) is 5.39 Å². The Hall–Kier alpha value is -0.870. The van der Waals surface area contributed by atoms with Crippen LogP contribution in [-0.2, 0) is 0 Å². The first kappa shape index (κ1) is 8.72. The zero-order valence-corrected chi connectivity index (χ0v) is 8.69. The number of aromatic nitrogens is 2. The van der Waals surface area contributed by atoms with Crippen LogP contribution >= 0.6 is 27.5 Å². The van der Waals surface area contributed by atoms with Gasteiger partial charge in [0.15, 0.2) is 0 Å². The fourth-order valence-electron chi connectivity index (χ4n) is 1.08. The molecule has 2 rings (SSSR count). The lowest BCUT2D eigenvalue weighted by Crippen LogP contribution is -2.09. The number of nitrogens with one attached hydrogen (secondary N) is 1. The van der Waals surface area contributed by atoms with Crippen LogP contribution in [0.4, 0.5) is 0 Å². The van der Waals surface area contributed by atoms with Gasteiger partial charge in [-0.2, -0.15) is 4.98 Å². The molecule has 5 heteroatoms. The largest absolute Gasteiger partial charge is 0.346 e. The molecule has 0 fully saturated rings. The average Bonchev–Trinajstić information content (AvgIpc) is 2.06. The normalized spacial score (nSPS) is 10.6. The lowest BCUT2D eigenvalue weighted by molar-refractivity contribution is 1.10. The summed E-state index contributed by atoms with van der Waals surface area (Å²) in [6, 6.07) is 5.14. The lowest BCUT2D eigenvalue weighted by Gasteiger charge is -1.98. The molecule has 0 radical (unpaired) electrons. The van der Waals surface area contributed by atoms with Crippen molar-refractivity contribution in [1.82, 2.24) is 9.97 Å². The van der Waals surface area contributed by atoms with E-state index in [1.165, 1.54) is 0 Å². The maximum atomic E-state index is 11.0. The van der Waals surface area contributed by atoms with Crippen molar-refractivity contribution in [1.29, 1.82) is 0 Å². The molecule has 0 aliphatic rings. The van der Waals surface area contributed by atoms with Crippen LogP contribution in [-0.4, -0.2) is 9.97 Å². The van der Waals surface area contributed by atoms with E-state index in [0.29, 0.717) is 15.1 Å². The molecule has 66 valence electrons. The molecule has 0 aliphatic heterocycles. The monoisotopic (exact) mass is 258 g/mol. The van der Waals surface area contributed by atoms with Crippen molar-refractivity contribution in [3.63, 3.8) is 0 Å². The lowest BCUT2D eigenvalue weighted by atomic mass is 10.2. The molecule has 0 spiro atoms. The van der Waals surface area contributed by atoms with Gasteiger partial charge in [0, 0.05) is 10.4 Å². The molecule has 0 aliphatic carbocycles. The van der Waals surface area contributed by atoms with Crippen LogP contribution in [0.2, 0.25) is 5.02 Å². The van der Waals surface area contributed by atoms with Crippen molar-refractivity contribution in [2.45, 2.75) is 0 Å². The first-order chi connectivity index (χ1) is 6.16. The van der Waals surface area contributed by atoms with Gasteiger partial charge in [-0.05, 0) is 34.1 Å². The molecule has 1 heterocycles. The maximum absolute atomic E-state index is 11.0. The molecule has 1 aromatic heterocycles. The quantitative estimate of drug-likeness (QED) is 0.738. The Labute approximate surface area is 86.9 Å². The maximum Gasteiger partial charge on any atom is 0.346 e. The molecular formula is C8H4BrClN2O. The zero-order chi connectivity index (χ0) is 9.42. The first-order valence-corrected chi connectivity index (χ1v) is 4.69. The summed E-state index contributed by atoms with van der Waals surface area (Å²) in [4.78, 5) is 17.3. The molecule has 0 amide bonds. The van der Waals surface area contributed by atoms with Crippen LogP contribution in [0.5, 0.6) is 0 Å². The number of benzene rings is 1. The van der Waals surface area contributed by atoms with E-state index < -0.39 is 0 Å². The summed E-state index contributed by atoms with van der Waals surface area (Å²) in [5, 5.41) is 1.41. The van der Waals surface area contributed by atoms with Crippen LogP contribution in [0, 0.1) is 0 Å². The van der Waals surface area contributed by atoms with E-state index in [1.54, 1.807) is 18.2 Å². The molecule has 0 saturated heterocycles. The number of hydrogen-bond acceptors (Lipinski definition) is 2. The third-order valence-corrected chi connectivity index (χ3v) is 2.49. The van der Waals surface area contributed by atoms with Crippen LogP contribution in [0.1, 0.15) is 0 Å². The predicted octanol–water partition coefficient (Wildman–Crippen LogP) is 2.34. The van der Waals surface area contributed by atoms with E-state index in [1.807, 2.05) is 0 Å². The molecule has 0 unspecified atom stereocenters. The number of fused-ring (bicyclic) bond motifs is 1. The highest BCUT2D eigenvalue weighted by Gasteiger charge is 2.01. The number of H-pyrrole nitrogens is 1. The molecule has 1 N–H and O–H groups in total. The van der Waals surface area contributed by atoms with Gasteiger partial charge in [-0.1, -0.05) is 11.6 Å². The smallest absolute Gasteiger partial charge is 0.299 e. The molecule has 13 heavy (non-hydrogen) atoms. The third-order valence-electron chi connectivity index (χ3n) is 1.63.